The van der Waals surface area contributed by atoms with E-state index in [-0.39, 0.29) is 35.2 Å². The lowest BCUT2D eigenvalue weighted by molar-refractivity contribution is -0.123. The molecule has 0 radical (unpaired) electrons. The predicted octanol–water partition coefficient (Wildman–Crippen LogP) is 0.213. The largest absolute Gasteiger partial charge is 0.481 e. The van der Waals surface area contributed by atoms with Gasteiger partial charge in [-0.3, -0.25) is 14.9 Å². The van der Waals surface area contributed by atoms with Gasteiger partial charge in [-0.1, -0.05) is 11.6 Å². The Balaban J connectivity index is 2.07. The van der Waals surface area contributed by atoms with Crippen LogP contribution in [0.1, 0.15) is 6.42 Å². The fraction of sp³-hybridized carbons (Fsp3) is 0.400. The first-order chi connectivity index (χ1) is 8.58. The van der Waals surface area contributed by atoms with Crippen LogP contribution in [0.2, 0.25) is 5.15 Å². The van der Waals surface area contributed by atoms with Crippen LogP contribution in [0.25, 0.3) is 0 Å². The first-order valence-corrected chi connectivity index (χ1v) is 5.62. The zero-order chi connectivity index (χ0) is 13.1. The SMILES string of the molecule is COc1cc(Cl)nc(NC(=O)C2CNC(=O)C2)n1. The average Bonchev–Trinajstić information content (AvgIpc) is 2.75. The van der Waals surface area contributed by atoms with Gasteiger partial charge in [0.1, 0.15) is 5.15 Å². The number of halogens is 1. The molecule has 18 heavy (non-hydrogen) atoms. The maximum Gasteiger partial charge on any atom is 0.234 e. The number of amides is 2. The van der Waals surface area contributed by atoms with E-state index in [1.54, 1.807) is 0 Å². The molecule has 2 rings (SSSR count). The second kappa shape index (κ2) is 5.18. The fourth-order valence-electron chi connectivity index (χ4n) is 1.56. The van der Waals surface area contributed by atoms with Crippen LogP contribution in [0.3, 0.4) is 0 Å². The maximum absolute atomic E-state index is 11.8. The van der Waals surface area contributed by atoms with Crippen LogP contribution in [0.5, 0.6) is 5.88 Å². The summed E-state index contributed by atoms with van der Waals surface area (Å²) in [7, 11) is 1.43. The number of carbonyl (C=O) groups excluding carboxylic acids is 2. The van der Waals surface area contributed by atoms with Crippen LogP contribution in [0.15, 0.2) is 6.07 Å². The smallest absolute Gasteiger partial charge is 0.234 e. The Hall–Kier alpha value is -1.89. The summed E-state index contributed by atoms with van der Waals surface area (Å²) in [5.41, 5.74) is 0. The Morgan fingerprint density at radius 2 is 2.39 bits per heavy atom. The second-order valence-electron chi connectivity index (χ2n) is 3.75. The van der Waals surface area contributed by atoms with Gasteiger partial charge in [0.25, 0.3) is 0 Å². The topological polar surface area (TPSA) is 93.2 Å². The third-order valence-electron chi connectivity index (χ3n) is 2.46. The van der Waals surface area contributed by atoms with Crippen LogP contribution >= 0.6 is 11.6 Å². The molecule has 1 aliphatic rings. The predicted molar refractivity (Wildman–Crippen MR) is 63.3 cm³/mol. The Labute approximate surface area is 108 Å². The molecule has 1 fully saturated rings. The van der Waals surface area contributed by atoms with Crippen LogP contribution in [0, 0.1) is 5.92 Å². The molecule has 1 aliphatic heterocycles. The van der Waals surface area contributed by atoms with Gasteiger partial charge in [-0.15, -0.1) is 0 Å². The van der Waals surface area contributed by atoms with E-state index in [9.17, 15) is 9.59 Å². The molecule has 0 aliphatic carbocycles. The third kappa shape index (κ3) is 2.86. The highest BCUT2D eigenvalue weighted by Crippen LogP contribution is 2.17. The van der Waals surface area contributed by atoms with E-state index < -0.39 is 5.92 Å². The van der Waals surface area contributed by atoms with Crippen molar-refractivity contribution in [3.05, 3.63) is 11.2 Å². The van der Waals surface area contributed by atoms with E-state index in [1.165, 1.54) is 13.2 Å². The highest BCUT2D eigenvalue weighted by molar-refractivity contribution is 6.29. The highest BCUT2D eigenvalue weighted by Gasteiger charge is 2.28. The molecule has 0 bridgehead atoms. The van der Waals surface area contributed by atoms with Crippen LogP contribution < -0.4 is 15.4 Å². The Bertz CT molecular complexity index is 494. The molecule has 8 heteroatoms. The summed E-state index contributed by atoms with van der Waals surface area (Å²) in [5.74, 6) is -0.557. The minimum atomic E-state index is -0.411. The normalized spacial score (nSPS) is 18.3. The van der Waals surface area contributed by atoms with Gasteiger partial charge in [0.05, 0.1) is 13.0 Å². The molecule has 1 saturated heterocycles. The molecule has 1 aromatic heterocycles. The van der Waals surface area contributed by atoms with E-state index in [1.807, 2.05) is 0 Å². The van der Waals surface area contributed by atoms with Gasteiger partial charge in [0, 0.05) is 19.0 Å². The molecule has 0 saturated carbocycles. The van der Waals surface area contributed by atoms with Crippen molar-refractivity contribution in [2.45, 2.75) is 6.42 Å². The van der Waals surface area contributed by atoms with Crippen molar-refractivity contribution in [3.63, 3.8) is 0 Å². The lowest BCUT2D eigenvalue weighted by atomic mass is 10.1. The molecule has 2 N–H and O–H groups in total. The standard InChI is InChI=1S/C10H11ClN4O3/c1-18-8-3-6(11)13-10(14-8)15-9(17)5-2-7(16)12-4-5/h3,5H,2,4H2,1H3,(H,12,16)(H,13,14,15,17). The number of hydrogen-bond acceptors (Lipinski definition) is 5. The molecule has 0 spiro atoms. The fourth-order valence-corrected chi connectivity index (χ4v) is 1.73. The van der Waals surface area contributed by atoms with Crippen molar-refractivity contribution in [1.82, 2.24) is 15.3 Å². The van der Waals surface area contributed by atoms with Crippen LogP contribution in [-0.4, -0.2) is 35.4 Å². The van der Waals surface area contributed by atoms with Crippen molar-refractivity contribution < 1.29 is 14.3 Å². The average molecular weight is 271 g/mol. The molecule has 96 valence electrons. The molecule has 1 aromatic rings. The zero-order valence-electron chi connectivity index (χ0n) is 9.57. The van der Waals surface area contributed by atoms with Gasteiger partial charge in [-0.05, 0) is 0 Å². The first kappa shape index (κ1) is 12.6. The lowest BCUT2D eigenvalue weighted by Crippen LogP contribution is -2.25. The third-order valence-corrected chi connectivity index (χ3v) is 2.66. The van der Waals surface area contributed by atoms with Gasteiger partial charge in [0.2, 0.25) is 23.6 Å². The van der Waals surface area contributed by atoms with Crippen LogP contribution in [-0.2, 0) is 9.59 Å². The summed E-state index contributed by atoms with van der Waals surface area (Å²) in [6.07, 6.45) is 0.170. The molecule has 2 heterocycles. The quantitative estimate of drug-likeness (QED) is 0.766. The van der Waals surface area contributed by atoms with Crippen molar-refractivity contribution >= 4 is 29.4 Å². The van der Waals surface area contributed by atoms with Gasteiger partial charge < -0.3 is 10.1 Å². The van der Waals surface area contributed by atoms with E-state index in [2.05, 4.69) is 20.6 Å². The summed E-state index contributed by atoms with van der Waals surface area (Å²) in [6.45, 7) is 0.322. The number of aromatic nitrogens is 2. The van der Waals surface area contributed by atoms with Gasteiger partial charge in [0.15, 0.2) is 0 Å². The minimum absolute atomic E-state index is 0.0590. The molecular weight excluding hydrogens is 260 g/mol. The highest BCUT2D eigenvalue weighted by atomic mass is 35.5. The van der Waals surface area contributed by atoms with E-state index in [4.69, 9.17) is 16.3 Å². The van der Waals surface area contributed by atoms with Crippen molar-refractivity contribution in [2.24, 2.45) is 5.92 Å². The van der Waals surface area contributed by atoms with Crippen LogP contribution in [0.4, 0.5) is 5.95 Å². The van der Waals surface area contributed by atoms with Crippen molar-refractivity contribution in [2.75, 3.05) is 19.0 Å². The lowest BCUT2D eigenvalue weighted by Gasteiger charge is -2.08. The maximum atomic E-state index is 11.8. The first-order valence-electron chi connectivity index (χ1n) is 5.24. The molecule has 1 unspecified atom stereocenters. The molecule has 1 atom stereocenters. The second-order valence-corrected chi connectivity index (χ2v) is 4.14. The molecule has 2 amide bonds. The summed E-state index contributed by atoms with van der Waals surface area (Å²) in [6, 6.07) is 1.43. The van der Waals surface area contributed by atoms with E-state index in [0.29, 0.717) is 6.54 Å². The Morgan fingerprint density at radius 1 is 1.61 bits per heavy atom. The van der Waals surface area contributed by atoms with E-state index in [0.717, 1.165) is 0 Å². The van der Waals surface area contributed by atoms with Gasteiger partial charge in [-0.25, -0.2) is 4.98 Å². The van der Waals surface area contributed by atoms with E-state index >= 15 is 0 Å². The summed E-state index contributed by atoms with van der Waals surface area (Å²) < 4.78 is 4.91. The van der Waals surface area contributed by atoms with Gasteiger partial charge >= 0.3 is 0 Å². The van der Waals surface area contributed by atoms with Crippen molar-refractivity contribution in [1.29, 1.82) is 0 Å². The number of methoxy groups -OCH3 is 1. The molecule has 7 nitrogen and oxygen atoms in total. The number of carbonyl (C=O) groups is 2. The number of rotatable bonds is 3. The van der Waals surface area contributed by atoms with Crippen molar-refractivity contribution in [3.8, 4) is 5.88 Å². The Morgan fingerprint density at radius 3 is 3.00 bits per heavy atom. The summed E-state index contributed by atoms with van der Waals surface area (Å²) in [5, 5.41) is 5.25. The number of nitrogens with one attached hydrogen (secondary N) is 2. The number of anilines is 1. The minimum Gasteiger partial charge on any atom is -0.481 e. The zero-order valence-corrected chi connectivity index (χ0v) is 10.3. The summed E-state index contributed by atoms with van der Waals surface area (Å²) in [4.78, 5) is 30.6. The molecular formula is C10H11ClN4O3. The number of nitrogens with zero attached hydrogens (tertiary/aromatic N) is 2. The molecule has 0 aromatic carbocycles. The number of hydrogen-bond donors (Lipinski definition) is 2. The number of ether oxygens (including phenoxy) is 1. The Kier molecular flexibility index (Phi) is 3.61. The van der Waals surface area contributed by atoms with Gasteiger partial charge in [-0.2, -0.15) is 4.98 Å². The monoisotopic (exact) mass is 270 g/mol. The summed E-state index contributed by atoms with van der Waals surface area (Å²) >= 11 is 5.75.